The first-order valence-corrected chi connectivity index (χ1v) is 17.8. The van der Waals surface area contributed by atoms with E-state index in [1.807, 2.05) is 0 Å². The van der Waals surface area contributed by atoms with Gasteiger partial charge in [-0.1, -0.05) is 164 Å². The maximum Gasteiger partial charge on any atom is 0.143 e. The number of fused-ring (bicyclic) bond motifs is 6. The Bertz CT molecular complexity index is 2870. The number of anilines is 3. The maximum atomic E-state index is 6.70. The van der Waals surface area contributed by atoms with E-state index in [9.17, 15) is 0 Å². The largest absolute Gasteiger partial charge is 0.455 e. The van der Waals surface area contributed by atoms with Crippen molar-refractivity contribution in [1.29, 1.82) is 0 Å². The Kier molecular flexibility index (Phi) is 7.18. The topological polar surface area (TPSA) is 16.4 Å². The third-order valence-corrected chi connectivity index (χ3v) is 10.3. The molecule has 0 saturated heterocycles. The summed E-state index contributed by atoms with van der Waals surface area (Å²) in [5, 5.41) is 7.01. The van der Waals surface area contributed by atoms with Crippen LogP contribution in [0.25, 0.3) is 76.9 Å². The van der Waals surface area contributed by atoms with E-state index in [1.54, 1.807) is 0 Å². The summed E-state index contributed by atoms with van der Waals surface area (Å²) in [5.74, 6) is 0. The zero-order valence-corrected chi connectivity index (χ0v) is 28.4. The lowest BCUT2D eigenvalue weighted by Gasteiger charge is -2.28. The third kappa shape index (κ3) is 5.04. The van der Waals surface area contributed by atoms with Gasteiger partial charge in [0, 0.05) is 38.5 Å². The summed E-state index contributed by atoms with van der Waals surface area (Å²) in [6.07, 6.45) is 0. The van der Waals surface area contributed by atoms with E-state index in [2.05, 4.69) is 205 Å². The van der Waals surface area contributed by atoms with Crippen LogP contribution < -0.4 is 4.90 Å². The first-order valence-electron chi connectivity index (χ1n) is 17.8. The molecule has 0 aliphatic carbocycles. The number of para-hydroxylation sites is 1. The predicted octanol–water partition coefficient (Wildman–Crippen LogP) is 14.4. The van der Waals surface area contributed by atoms with Crippen molar-refractivity contribution in [2.75, 3.05) is 4.90 Å². The Hall–Kier alpha value is -6.90. The smallest absolute Gasteiger partial charge is 0.143 e. The first kappa shape index (κ1) is 30.0. The lowest BCUT2D eigenvalue weighted by Crippen LogP contribution is -2.10. The monoisotopic (exact) mass is 663 g/mol. The summed E-state index contributed by atoms with van der Waals surface area (Å²) in [5.41, 5.74) is 12.2. The van der Waals surface area contributed by atoms with E-state index >= 15 is 0 Å². The van der Waals surface area contributed by atoms with Crippen molar-refractivity contribution in [3.8, 4) is 33.4 Å². The highest BCUT2D eigenvalue weighted by atomic mass is 16.3. The molecule has 0 unspecified atom stereocenters. The molecule has 0 radical (unpaired) electrons. The molecule has 10 aromatic rings. The number of hydrogen-bond donors (Lipinski definition) is 0. The second-order valence-electron chi connectivity index (χ2n) is 13.3. The Balaban J connectivity index is 1.12. The summed E-state index contributed by atoms with van der Waals surface area (Å²) in [4.78, 5) is 2.38. The highest BCUT2D eigenvalue weighted by molar-refractivity contribution is 6.17. The predicted molar refractivity (Wildman–Crippen MR) is 220 cm³/mol. The highest BCUT2D eigenvalue weighted by Gasteiger charge is 2.19. The molecule has 0 bridgehead atoms. The second-order valence-corrected chi connectivity index (χ2v) is 13.3. The van der Waals surface area contributed by atoms with Crippen LogP contribution in [0.4, 0.5) is 17.1 Å². The van der Waals surface area contributed by atoms with Crippen LogP contribution in [-0.4, -0.2) is 0 Å². The van der Waals surface area contributed by atoms with Crippen molar-refractivity contribution < 1.29 is 4.42 Å². The SMILES string of the molecule is c1ccc(-c2ccc(N(c3ccc(-c4cccc5c4oc4c6ccccc6ccc54)cc3)c3ccc(-c4ccccc4)c4ccccc34)cc2)cc1. The number of furan rings is 1. The van der Waals surface area contributed by atoms with E-state index in [0.717, 1.165) is 55.5 Å². The Morgan fingerprint density at radius 3 is 1.56 bits per heavy atom. The molecule has 0 fully saturated rings. The van der Waals surface area contributed by atoms with Crippen LogP contribution in [0.5, 0.6) is 0 Å². The van der Waals surface area contributed by atoms with Crippen molar-refractivity contribution in [1.82, 2.24) is 0 Å². The van der Waals surface area contributed by atoms with Gasteiger partial charge in [-0.15, -0.1) is 0 Å². The Morgan fingerprint density at radius 1 is 0.288 bits per heavy atom. The molecular weight excluding hydrogens is 631 g/mol. The summed E-state index contributed by atoms with van der Waals surface area (Å²) in [6.45, 7) is 0. The first-order chi connectivity index (χ1) is 25.8. The van der Waals surface area contributed by atoms with Crippen LogP contribution in [0.3, 0.4) is 0 Å². The number of nitrogens with zero attached hydrogens (tertiary/aromatic N) is 1. The molecule has 0 aliphatic rings. The quantitative estimate of drug-likeness (QED) is 0.176. The summed E-state index contributed by atoms with van der Waals surface area (Å²) in [7, 11) is 0. The summed E-state index contributed by atoms with van der Waals surface area (Å²) >= 11 is 0. The molecule has 9 aromatic carbocycles. The molecule has 2 heteroatoms. The molecule has 2 nitrogen and oxygen atoms in total. The highest BCUT2D eigenvalue weighted by Crippen LogP contribution is 2.44. The standard InChI is InChI=1S/C50H33NO/c1-3-12-34(13-4-1)35-22-27-39(28-23-35)51(48-33-32-41(36-14-5-2-6-15-36)44-18-9-10-19-45(44)48)40-29-24-38(25-30-40)43-20-11-21-46-47-31-26-37-16-7-8-17-42(37)50(47)52-49(43)46/h1-33H. The second kappa shape index (κ2) is 12.5. The average Bonchev–Trinajstić information content (AvgIpc) is 3.62. The van der Waals surface area contributed by atoms with Gasteiger partial charge in [0.25, 0.3) is 0 Å². The van der Waals surface area contributed by atoms with E-state index in [1.165, 1.54) is 38.4 Å². The zero-order valence-electron chi connectivity index (χ0n) is 28.4. The molecule has 0 N–H and O–H groups in total. The van der Waals surface area contributed by atoms with Gasteiger partial charge in [-0.25, -0.2) is 0 Å². The molecule has 0 amide bonds. The fourth-order valence-corrected chi connectivity index (χ4v) is 7.75. The minimum absolute atomic E-state index is 0.914. The minimum atomic E-state index is 0.914. The van der Waals surface area contributed by atoms with Gasteiger partial charge in [0.1, 0.15) is 11.2 Å². The molecule has 0 saturated carbocycles. The fraction of sp³-hybridized carbons (Fsp3) is 0. The lowest BCUT2D eigenvalue weighted by molar-refractivity contribution is 0.674. The summed E-state index contributed by atoms with van der Waals surface area (Å²) in [6, 6.07) is 71.6. The van der Waals surface area contributed by atoms with Crippen LogP contribution >= 0.6 is 0 Å². The van der Waals surface area contributed by atoms with Gasteiger partial charge < -0.3 is 9.32 Å². The number of hydrogen-bond acceptors (Lipinski definition) is 2. The molecule has 0 atom stereocenters. The van der Waals surface area contributed by atoms with Crippen molar-refractivity contribution in [3.05, 3.63) is 200 Å². The number of rotatable bonds is 6. The molecule has 1 aromatic heterocycles. The molecule has 0 spiro atoms. The Morgan fingerprint density at radius 2 is 0.827 bits per heavy atom. The van der Waals surface area contributed by atoms with E-state index in [4.69, 9.17) is 4.42 Å². The molecule has 0 aliphatic heterocycles. The van der Waals surface area contributed by atoms with E-state index in [0.29, 0.717) is 0 Å². The van der Waals surface area contributed by atoms with E-state index in [-0.39, 0.29) is 0 Å². The third-order valence-electron chi connectivity index (χ3n) is 10.3. The van der Waals surface area contributed by atoms with Gasteiger partial charge >= 0.3 is 0 Å². The maximum absolute atomic E-state index is 6.70. The van der Waals surface area contributed by atoms with Crippen LogP contribution in [0.2, 0.25) is 0 Å². The van der Waals surface area contributed by atoms with Gasteiger partial charge in [0.2, 0.25) is 0 Å². The minimum Gasteiger partial charge on any atom is -0.455 e. The number of benzene rings is 9. The molecule has 1 heterocycles. The Labute approximate surface area is 302 Å². The zero-order chi connectivity index (χ0) is 34.4. The van der Waals surface area contributed by atoms with Gasteiger partial charge in [-0.2, -0.15) is 0 Å². The van der Waals surface area contributed by atoms with Crippen LogP contribution in [0, 0.1) is 0 Å². The van der Waals surface area contributed by atoms with Crippen molar-refractivity contribution in [2.24, 2.45) is 0 Å². The lowest BCUT2D eigenvalue weighted by atomic mass is 9.96. The van der Waals surface area contributed by atoms with Crippen molar-refractivity contribution in [3.63, 3.8) is 0 Å². The fourth-order valence-electron chi connectivity index (χ4n) is 7.75. The molecular formula is C50H33NO. The van der Waals surface area contributed by atoms with E-state index < -0.39 is 0 Å². The normalized spacial score (nSPS) is 11.5. The van der Waals surface area contributed by atoms with Crippen LogP contribution in [-0.2, 0) is 0 Å². The average molecular weight is 664 g/mol. The molecule has 244 valence electrons. The summed E-state index contributed by atoms with van der Waals surface area (Å²) < 4.78 is 6.70. The van der Waals surface area contributed by atoms with Crippen LogP contribution in [0.15, 0.2) is 205 Å². The van der Waals surface area contributed by atoms with Crippen molar-refractivity contribution in [2.45, 2.75) is 0 Å². The molecule has 10 rings (SSSR count). The van der Waals surface area contributed by atoms with Crippen LogP contribution in [0.1, 0.15) is 0 Å². The van der Waals surface area contributed by atoms with Gasteiger partial charge in [0.15, 0.2) is 0 Å². The van der Waals surface area contributed by atoms with Gasteiger partial charge in [0.05, 0.1) is 5.69 Å². The van der Waals surface area contributed by atoms with Gasteiger partial charge in [-0.3, -0.25) is 0 Å². The molecule has 52 heavy (non-hydrogen) atoms. The van der Waals surface area contributed by atoms with Crippen molar-refractivity contribution >= 4 is 60.5 Å². The van der Waals surface area contributed by atoms with Gasteiger partial charge in [-0.05, 0) is 75.0 Å².